The van der Waals surface area contributed by atoms with Crippen LogP contribution in [0, 0.1) is 0 Å². The Labute approximate surface area is 115 Å². The summed E-state index contributed by atoms with van der Waals surface area (Å²) in [6.07, 6.45) is 2.12. The molecule has 0 amide bonds. The number of aryl methyl sites for hydroxylation is 1. The molecule has 0 aliphatic rings. The molecule has 2 aromatic carbocycles. The van der Waals surface area contributed by atoms with Crippen LogP contribution in [0.2, 0.25) is 0 Å². The van der Waals surface area contributed by atoms with Crippen molar-refractivity contribution in [3.05, 3.63) is 65.7 Å². The molecular formula is C17H21NO. The average molecular weight is 255 g/mol. The van der Waals surface area contributed by atoms with E-state index in [1.165, 1.54) is 11.1 Å². The lowest BCUT2D eigenvalue weighted by Crippen LogP contribution is -2.13. The van der Waals surface area contributed by atoms with Crippen molar-refractivity contribution in [2.45, 2.75) is 18.8 Å². The van der Waals surface area contributed by atoms with Gasteiger partial charge in [-0.25, -0.2) is 0 Å². The molecule has 0 bridgehead atoms. The molecule has 0 fully saturated rings. The van der Waals surface area contributed by atoms with Gasteiger partial charge in [0.15, 0.2) is 0 Å². The third-order valence-corrected chi connectivity index (χ3v) is 3.47. The fourth-order valence-electron chi connectivity index (χ4n) is 2.30. The first-order valence-corrected chi connectivity index (χ1v) is 6.71. The Morgan fingerprint density at radius 3 is 2.53 bits per heavy atom. The number of benzene rings is 2. The molecule has 0 aromatic heterocycles. The van der Waals surface area contributed by atoms with Crippen molar-refractivity contribution in [1.29, 1.82) is 0 Å². The molecule has 100 valence electrons. The highest BCUT2D eigenvalue weighted by Gasteiger charge is 2.10. The first-order valence-electron chi connectivity index (χ1n) is 6.71. The zero-order valence-electron chi connectivity index (χ0n) is 11.4. The van der Waals surface area contributed by atoms with Crippen LogP contribution < -0.4 is 10.5 Å². The summed E-state index contributed by atoms with van der Waals surface area (Å²) in [5.41, 5.74) is 8.55. The summed E-state index contributed by atoms with van der Waals surface area (Å²) in [5.74, 6) is 1.28. The summed E-state index contributed by atoms with van der Waals surface area (Å²) < 4.78 is 5.27. The van der Waals surface area contributed by atoms with Gasteiger partial charge in [-0.15, -0.1) is 0 Å². The van der Waals surface area contributed by atoms with Crippen LogP contribution in [0.3, 0.4) is 0 Å². The highest BCUT2D eigenvalue weighted by Crippen LogP contribution is 2.24. The van der Waals surface area contributed by atoms with Crippen molar-refractivity contribution >= 4 is 0 Å². The van der Waals surface area contributed by atoms with Crippen LogP contribution in [-0.4, -0.2) is 13.7 Å². The summed E-state index contributed by atoms with van der Waals surface area (Å²) in [4.78, 5) is 0. The minimum Gasteiger partial charge on any atom is -0.497 e. The molecule has 0 heterocycles. The fraction of sp³-hybridized carbons (Fsp3) is 0.294. The van der Waals surface area contributed by atoms with Crippen LogP contribution in [0.25, 0.3) is 0 Å². The van der Waals surface area contributed by atoms with Gasteiger partial charge in [0.25, 0.3) is 0 Å². The number of nitrogens with two attached hydrogens (primary N) is 1. The van der Waals surface area contributed by atoms with Crippen molar-refractivity contribution in [2.75, 3.05) is 13.7 Å². The lowest BCUT2D eigenvalue weighted by atomic mass is 9.92. The predicted molar refractivity (Wildman–Crippen MR) is 79.6 cm³/mol. The Balaban J connectivity index is 2.03. The van der Waals surface area contributed by atoms with E-state index in [0.717, 1.165) is 18.6 Å². The molecule has 0 saturated heterocycles. The zero-order valence-corrected chi connectivity index (χ0v) is 11.4. The van der Waals surface area contributed by atoms with Gasteiger partial charge in [-0.3, -0.25) is 0 Å². The van der Waals surface area contributed by atoms with E-state index in [-0.39, 0.29) is 0 Å². The van der Waals surface area contributed by atoms with Gasteiger partial charge < -0.3 is 10.5 Å². The minimum absolute atomic E-state index is 0.385. The Bertz CT molecular complexity index is 496. The van der Waals surface area contributed by atoms with E-state index in [0.29, 0.717) is 12.5 Å². The molecule has 0 saturated carbocycles. The highest BCUT2D eigenvalue weighted by atomic mass is 16.5. The maximum atomic E-state index is 5.92. The van der Waals surface area contributed by atoms with Crippen molar-refractivity contribution in [3.63, 3.8) is 0 Å². The summed E-state index contributed by atoms with van der Waals surface area (Å²) in [7, 11) is 1.69. The second kappa shape index (κ2) is 6.95. The molecular weight excluding hydrogens is 234 g/mol. The summed E-state index contributed by atoms with van der Waals surface area (Å²) in [5, 5.41) is 0. The van der Waals surface area contributed by atoms with Gasteiger partial charge >= 0.3 is 0 Å². The topological polar surface area (TPSA) is 35.2 Å². The maximum Gasteiger partial charge on any atom is 0.119 e. The van der Waals surface area contributed by atoms with Crippen molar-refractivity contribution in [2.24, 2.45) is 5.73 Å². The molecule has 2 N–H and O–H groups in total. The van der Waals surface area contributed by atoms with Gasteiger partial charge in [0.1, 0.15) is 5.75 Å². The van der Waals surface area contributed by atoms with Crippen molar-refractivity contribution < 1.29 is 4.74 Å². The van der Waals surface area contributed by atoms with Crippen LogP contribution in [0.1, 0.15) is 23.5 Å². The normalized spacial score (nSPS) is 12.1. The predicted octanol–water partition coefficient (Wildman–Crippen LogP) is 3.37. The van der Waals surface area contributed by atoms with Crippen molar-refractivity contribution in [1.82, 2.24) is 0 Å². The summed E-state index contributed by atoms with van der Waals surface area (Å²) in [6.45, 7) is 0.667. The quantitative estimate of drug-likeness (QED) is 0.859. The van der Waals surface area contributed by atoms with Crippen LogP contribution in [0.15, 0.2) is 54.6 Å². The lowest BCUT2D eigenvalue weighted by molar-refractivity contribution is 0.413. The van der Waals surface area contributed by atoms with Gasteiger partial charge in [0, 0.05) is 0 Å². The van der Waals surface area contributed by atoms with Crippen LogP contribution >= 0.6 is 0 Å². The third kappa shape index (κ3) is 3.83. The first-order chi connectivity index (χ1) is 9.33. The standard InChI is InChI=1S/C17H21NO/c1-19-17-9-5-8-15(12-17)16(13-18)11-10-14-6-3-2-4-7-14/h2-9,12,16H,10-11,13,18H2,1H3. The lowest BCUT2D eigenvalue weighted by Gasteiger charge is -2.16. The first kappa shape index (κ1) is 13.6. The minimum atomic E-state index is 0.385. The summed E-state index contributed by atoms with van der Waals surface area (Å²) in [6, 6.07) is 18.8. The monoisotopic (exact) mass is 255 g/mol. The number of hydrogen-bond donors (Lipinski definition) is 1. The van der Waals surface area contributed by atoms with Crippen molar-refractivity contribution in [3.8, 4) is 5.75 Å². The second-order valence-corrected chi connectivity index (χ2v) is 4.73. The molecule has 2 heteroatoms. The van der Waals surface area contributed by atoms with E-state index in [1.54, 1.807) is 7.11 Å². The van der Waals surface area contributed by atoms with Gasteiger partial charge in [-0.05, 0) is 48.6 Å². The Morgan fingerprint density at radius 2 is 1.84 bits per heavy atom. The Kier molecular flexibility index (Phi) is 4.99. The maximum absolute atomic E-state index is 5.92. The van der Waals surface area contributed by atoms with E-state index >= 15 is 0 Å². The highest BCUT2D eigenvalue weighted by molar-refractivity contribution is 5.31. The molecule has 0 spiro atoms. The largest absolute Gasteiger partial charge is 0.497 e. The number of hydrogen-bond acceptors (Lipinski definition) is 2. The second-order valence-electron chi connectivity index (χ2n) is 4.73. The Hall–Kier alpha value is -1.80. The number of ether oxygens (including phenoxy) is 1. The Morgan fingerprint density at radius 1 is 1.05 bits per heavy atom. The number of methoxy groups -OCH3 is 1. The molecule has 1 unspecified atom stereocenters. The molecule has 2 aromatic rings. The van der Waals surface area contributed by atoms with Gasteiger partial charge in [0.2, 0.25) is 0 Å². The molecule has 2 rings (SSSR count). The van der Waals surface area contributed by atoms with E-state index in [4.69, 9.17) is 10.5 Å². The van der Waals surface area contributed by atoms with Crippen LogP contribution in [0.5, 0.6) is 5.75 Å². The molecule has 1 atom stereocenters. The molecule has 19 heavy (non-hydrogen) atoms. The zero-order chi connectivity index (χ0) is 13.5. The van der Waals surface area contributed by atoms with E-state index in [9.17, 15) is 0 Å². The fourth-order valence-corrected chi connectivity index (χ4v) is 2.30. The van der Waals surface area contributed by atoms with Crippen LogP contribution in [0.4, 0.5) is 0 Å². The smallest absolute Gasteiger partial charge is 0.119 e. The molecule has 0 radical (unpaired) electrons. The average Bonchev–Trinajstić information content (AvgIpc) is 2.49. The van der Waals surface area contributed by atoms with Crippen LogP contribution in [-0.2, 0) is 6.42 Å². The SMILES string of the molecule is COc1cccc(C(CN)CCc2ccccc2)c1. The van der Waals surface area contributed by atoms with Gasteiger partial charge in [-0.2, -0.15) is 0 Å². The molecule has 0 aliphatic carbocycles. The molecule has 2 nitrogen and oxygen atoms in total. The van der Waals surface area contributed by atoms with Gasteiger partial charge in [-0.1, -0.05) is 42.5 Å². The van der Waals surface area contributed by atoms with E-state index in [2.05, 4.69) is 36.4 Å². The van der Waals surface area contributed by atoms with E-state index in [1.807, 2.05) is 18.2 Å². The van der Waals surface area contributed by atoms with E-state index < -0.39 is 0 Å². The number of rotatable bonds is 6. The molecule has 0 aliphatic heterocycles. The van der Waals surface area contributed by atoms with Gasteiger partial charge in [0.05, 0.1) is 7.11 Å². The summed E-state index contributed by atoms with van der Waals surface area (Å²) >= 11 is 0. The third-order valence-electron chi connectivity index (χ3n) is 3.47.